The summed E-state index contributed by atoms with van der Waals surface area (Å²) in [5.74, 6) is 1.65. The smallest absolute Gasteiger partial charge is 0.244 e. The molecule has 3 aromatic rings. The number of methoxy groups -OCH3 is 2. The van der Waals surface area contributed by atoms with Gasteiger partial charge in [-0.3, -0.25) is 9.59 Å². The third kappa shape index (κ3) is 7.11. The van der Waals surface area contributed by atoms with Crippen LogP contribution in [-0.2, 0) is 29.1 Å². The molecule has 0 radical (unpaired) electrons. The number of benzene rings is 2. The van der Waals surface area contributed by atoms with Gasteiger partial charge in [0.05, 0.1) is 26.5 Å². The summed E-state index contributed by atoms with van der Waals surface area (Å²) in [5.41, 5.74) is 2.72. The zero-order valence-corrected chi connectivity index (χ0v) is 21.7. The van der Waals surface area contributed by atoms with Crippen molar-refractivity contribution in [3.8, 4) is 11.5 Å². The number of para-hydroxylation sites is 1. The van der Waals surface area contributed by atoms with E-state index in [2.05, 4.69) is 27.8 Å². The van der Waals surface area contributed by atoms with Gasteiger partial charge in [0.15, 0.2) is 22.5 Å². The number of anilines is 1. The summed E-state index contributed by atoms with van der Waals surface area (Å²) in [6.45, 7) is 4.85. The molecule has 3 rings (SSSR count). The molecule has 9 nitrogen and oxygen atoms in total. The van der Waals surface area contributed by atoms with E-state index in [0.717, 1.165) is 23.2 Å². The highest BCUT2D eigenvalue weighted by Gasteiger charge is 2.14. The van der Waals surface area contributed by atoms with Crippen LogP contribution in [0.25, 0.3) is 6.08 Å². The summed E-state index contributed by atoms with van der Waals surface area (Å²) in [6.07, 6.45) is 3.98. The van der Waals surface area contributed by atoms with Crippen molar-refractivity contribution >= 4 is 35.3 Å². The predicted molar refractivity (Wildman–Crippen MR) is 141 cm³/mol. The summed E-state index contributed by atoms with van der Waals surface area (Å²) in [6, 6.07) is 13.2. The van der Waals surface area contributed by atoms with Gasteiger partial charge in [0, 0.05) is 18.3 Å². The molecule has 190 valence electrons. The first-order chi connectivity index (χ1) is 17.5. The van der Waals surface area contributed by atoms with Gasteiger partial charge in [0.2, 0.25) is 11.8 Å². The molecule has 1 heterocycles. The molecular weight excluding hydrogens is 478 g/mol. The maximum atomic E-state index is 12.5. The normalized spacial score (nSPS) is 10.9. The fourth-order valence-corrected chi connectivity index (χ4v) is 4.32. The second kappa shape index (κ2) is 13.3. The van der Waals surface area contributed by atoms with Crippen LogP contribution < -0.4 is 20.1 Å². The van der Waals surface area contributed by atoms with E-state index in [1.165, 1.54) is 17.8 Å². The molecule has 0 fully saturated rings. The largest absolute Gasteiger partial charge is 0.493 e. The van der Waals surface area contributed by atoms with Gasteiger partial charge in [-0.1, -0.05) is 43.0 Å². The standard InChI is InChI=1S/C26H31N5O4S/c1-5-19-9-7-8-10-20(19)28-25(33)17-36-26-30-29-23(31(26)6-2)16-27-24(32)14-12-18-11-13-21(34-3)22(15-18)35-4/h7-15H,5-6,16-17H2,1-4H3,(H,27,32)(H,28,33)/b14-12+. The fourth-order valence-electron chi connectivity index (χ4n) is 3.49. The highest BCUT2D eigenvalue weighted by atomic mass is 32.2. The average Bonchev–Trinajstić information content (AvgIpc) is 3.31. The number of aryl methyl sites for hydroxylation is 1. The number of nitrogens with zero attached hydrogens (tertiary/aromatic N) is 3. The van der Waals surface area contributed by atoms with Crippen molar-refractivity contribution in [3.05, 3.63) is 65.5 Å². The van der Waals surface area contributed by atoms with E-state index in [4.69, 9.17) is 9.47 Å². The van der Waals surface area contributed by atoms with Crippen molar-refractivity contribution in [2.75, 3.05) is 25.3 Å². The average molecular weight is 510 g/mol. The summed E-state index contributed by atoms with van der Waals surface area (Å²) in [7, 11) is 3.13. The number of aromatic nitrogens is 3. The molecule has 2 N–H and O–H groups in total. The second-order valence-corrected chi connectivity index (χ2v) is 8.60. The Hall–Kier alpha value is -3.79. The van der Waals surface area contributed by atoms with Crippen LogP contribution in [-0.4, -0.2) is 46.6 Å². The van der Waals surface area contributed by atoms with Gasteiger partial charge < -0.3 is 24.7 Å². The van der Waals surface area contributed by atoms with Crippen molar-refractivity contribution in [1.82, 2.24) is 20.1 Å². The number of carbonyl (C=O) groups excluding carboxylic acids is 2. The lowest BCUT2D eigenvalue weighted by Crippen LogP contribution is -2.22. The molecule has 0 aliphatic rings. The first-order valence-electron chi connectivity index (χ1n) is 11.6. The number of carbonyl (C=O) groups is 2. The Labute approximate surface area is 215 Å². The molecule has 10 heteroatoms. The zero-order valence-electron chi connectivity index (χ0n) is 20.9. The molecule has 0 spiro atoms. The van der Waals surface area contributed by atoms with Gasteiger partial charge in [-0.15, -0.1) is 10.2 Å². The van der Waals surface area contributed by atoms with Gasteiger partial charge in [0.1, 0.15) is 0 Å². The first kappa shape index (κ1) is 26.8. The van der Waals surface area contributed by atoms with E-state index in [9.17, 15) is 9.59 Å². The first-order valence-corrected chi connectivity index (χ1v) is 12.6. The van der Waals surface area contributed by atoms with Crippen LogP contribution in [0, 0.1) is 0 Å². The minimum Gasteiger partial charge on any atom is -0.493 e. The molecule has 0 atom stereocenters. The Bertz CT molecular complexity index is 1220. The van der Waals surface area contributed by atoms with Gasteiger partial charge in [-0.25, -0.2) is 0 Å². The van der Waals surface area contributed by atoms with E-state index in [-0.39, 0.29) is 24.1 Å². The van der Waals surface area contributed by atoms with E-state index in [1.54, 1.807) is 32.4 Å². The SMILES string of the molecule is CCc1ccccc1NC(=O)CSc1nnc(CNC(=O)/C=C/c2ccc(OC)c(OC)c2)n1CC. The number of thioether (sulfide) groups is 1. The lowest BCUT2D eigenvalue weighted by Gasteiger charge is -2.10. The molecule has 0 aliphatic heterocycles. The van der Waals surface area contributed by atoms with Crippen LogP contribution in [0.2, 0.25) is 0 Å². The molecule has 0 aliphatic carbocycles. The molecule has 2 aromatic carbocycles. The topological polar surface area (TPSA) is 107 Å². The molecule has 0 unspecified atom stereocenters. The maximum absolute atomic E-state index is 12.5. The molecule has 36 heavy (non-hydrogen) atoms. The Balaban J connectivity index is 1.54. The van der Waals surface area contributed by atoms with Crippen LogP contribution in [0.1, 0.15) is 30.8 Å². The minimum absolute atomic E-state index is 0.110. The molecule has 0 bridgehead atoms. The number of rotatable bonds is 12. The lowest BCUT2D eigenvalue weighted by atomic mass is 10.1. The van der Waals surface area contributed by atoms with Crippen LogP contribution in [0.15, 0.2) is 53.7 Å². The Morgan fingerprint density at radius 1 is 1.06 bits per heavy atom. The number of amides is 2. The van der Waals surface area contributed by atoms with Crippen molar-refractivity contribution < 1.29 is 19.1 Å². The number of nitrogens with one attached hydrogen (secondary N) is 2. The van der Waals surface area contributed by atoms with Crippen LogP contribution in [0.5, 0.6) is 11.5 Å². The van der Waals surface area contributed by atoms with Crippen LogP contribution in [0.4, 0.5) is 5.69 Å². The van der Waals surface area contributed by atoms with E-state index < -0.39 is 0 Å². The lowest BCUT2D eigenvalue weighted by molar-refractivity contribution is -0.116. The van der Waals surface area contributed by atoms with Gasteiger partial charge in [-0.2, -0.15) is 0 Å². The fraction of sp³-hybridized carbons (Fsp3) is 0.308. The second-order valence-electron chi connectivity index (χ2n) is 7.66. The Morgan fingerprint density at radius 3 is 2.56 bits per heavy atom. The molecular formula is C26H31N5O4S. The highest BCUT2D eigenvalue weighted by molar-refractivity contribution is 7.99. The van der Waals surface area contributed by atoms with Gasteiger partial charge in [0.25, 0.3) is 0 Å². The maximum Gasteiger partial charge on any atom is 0.244 e. The molecule has 2 amide bonds. The predicted octanol–water partition coefficient (Wildman–Crippen LogP) is 3.94. The van der Waals surface area contributed by atoms with Gasteiger partial charge in [-0.05, 0) is 48.7 Å². The number of ether oxygens (including phenoxy) is 2. The van der Waals surface area contributed by atoms with Crippen molar-refractivity contribution in [2.24, 2.45) is 0 Å². The molecule has 1 aromatic heterocycles. The summed E-state index contributed by atoms with van der Waals surface area (Å²) in [4.78, 5) is 24.8. The Kier molecular flexibility index (Phi) is 9.93. The third-order valence-corrected chi connectivity index (χ3v) is 6.34. The monoisotopic (exact) mass is 509 g/mol. The third-order valence-electron chi connectivity index (χ3n) is 5.37. The summed E-state index contributed by atoms with van der Waals surface area (Å²) >= 11 is 1.31. The van der Waals surface area contributed by atoms with Crippen molar-refractivity contribution in [1.29, 1.82) is 0 Å². The quantitative estimate of drug-likeness (QED) is 0.281. The highest BCUT2D eigenvalue weighted by Crippen LogP contribution is 2.28. The van der Waals surface area contributed by atoms with Crippen molar-refractivity contribution in [3.63, 3.8) is 0 Å². The van der Waals surface area contributed by atoms with Gasteiger partial charge >= 0.3 is 0 Å². The van der Waals surface area contributed by atoms with Crippen molar-refractivity contribution in [2.45, 2.75) is 38.5 Å². The number of hydrogen-bond donors (Lipinski definition) is 2. The summed E-state index contributed by atoms with van der Waals surface area (Å²) < 4.78 is 12.4. The van der Waals surface area contributed by atoms with E-state index in [0.29, 0.717) is 29.0 Å². The zero-order chi connectivity index (χ0) is 25.9. The number of hydrogen-bond acceptors (Lipinski definition) is 7. The van der Waals surface area contributed by atoms with E-state index >= 15 is 0 Å². The molecule has 0 saturated heterocycles. The Morgan fingerprint density at radius 2 is 1.83 bits per heavy atom. The van der Waals surface area contributed by atoms with E-state index in [1.807, 2.05) is 41.8 Å². The molecule has 0 saturated carbocycles. The minimum atomic E-state index is -0.265. The summed E-state index contributed by atoms with van der Waals surface area (Å²) in [5, 5.41) is 14.8. The van der Waals surface area contributed by atoms with Crippen LogP contribution >= 0.6 is 11.8 Å². The van der Waals surface area contributed by atoms with Crippen LogP contribution in [0.3, 0.4) is 0 Å².